The lowest BCUT2D eigenvalue weighted by Gasteiger charge is -2.27. The molecule has 1 heterocycles. The summed E-state index contributed by atoms with van der Waals surface area (Å²) in [6, 6.07) is 0.774. The van der Waals surface area contributed by atoms with E-state index in [2.05, 4.69) is 24.9 Å². The van der Waals surface area contributed by atoms with Crippen molar-refractivity contribution in [3.05, 3.63) is 12.7 Å². The molecule has 1 aliphatic heterocycles. The van der Waals surface area contributed by atoms with Crippen LogP contribution < -0.4 is 5.32 Å². The molecule has 10 heavy (non-hydrogen) atoms. The number of piperidine rings is 1. The standard InChI is InChI=1S/C9H17N/c1-3-8-5-6-9(4-2)10-7-8/h3,8-10H,1,4-7H2,2H3. The Morgan fingerprint density at radius 2 is 2.40 bits per heavy atom. The average molecular weight is 139 g/mol. The van der Waals surface area contributed by atoms with E-state index in [9.17, 15) is 0 Å². The zero-order valence-electron chi connectivity index (χ0n) is 6.77. The molecule has 1 heteroatoms. The predicted molar refractivity (Wildman–Crippen MR) is 45.0 cm³/mol. The van der Waals surface area contributed by atoms with Gasteiger partial charge in [0, 0.05) is 12.6 Å². The van der Waals surface area contributed by atoms with Crippen molar-refractivity contribution >= 4 is 0 Å². The molecule has 0 aromatic carbocycles. The van der Waals surface area contributed by atoms with Gasteiger partial charge in [-0.2, -0.15) is 0 Å². The fraction of sp³-hybridized carbons (Fsp3) is 0.778. The van der Waals surface area contributed by atoms with Gasteiger partial charge in [-0.1, -0.05) is 13.0 Å². The number of hydrogen-bond donors (Lipinski definition) is 1. The topological polar surface area (TPSA) is 12.0 Å². The molecule has 2 unspecified atom stereocenters. The van der Waals surface area contributed by atoms with Gasteiger partial charge < -0.3 is 5.32 Å². The first kappa shape index (κ1) is 7.80. The van der Waals surface area contributed by atoms with E-state index >= 15 is 0 Å². The van der Waals surface area contributed by atoms with Crippen molar-refractivity contribution in [1.82, 2.24) is 5.32 Å². The highest BCUT2D eigenvalue weighted by molar-refractivity contribution is 4.86. The zero-order chi connectivity index (χ0) is 7.40. The van der Waals surface area contributed by atoms with E-state index in [0.29, 0.717) is 0 Å². The van der Waals surface area contributed by atoms with Crippen LogP contribution in [0.15, 0.2) is 12.7 Å². The maximum Gasteiger partial charge on any atom is 0.00649 e. The van der Waals surface area contributed by atoms with Crippen LogP contribution in [-0.2, 0) is 0 Å². The fourth-order valence-corrected chi connectivity index (χ4v) is 1.49. The van der Waals surface area contributed by atoms with E-state index < -0.39 is 0 Å². The Morgan fingerprint density at radius 1 is 1.60 bits per heavy atom. The van der Waals surface area contributed by atoms with E-state index in [1.54, 1.807) is 0 Å². The van der Waals surface area contributed by atoms with Crippen molar-refractivity contribution in [2.24, 2.45) is 5.92 Å². The third-order valence-corrected chi connectivity index (χ3v) is 2.38. The van der Waals surface area contributed by atoms with Crippen molar-refractivity contribution in [1.29, 1.82) is 0 Å². The van der Waals surface area contributed by atoms with Crippen molar-refractivity contribution in [2.45, 2.75) is 32.2 Å². The maximum absolute atomic E-state index is 3.80. The Bertz CT molecular complexity index is 101. The summed E-state index contributed by atoms with van der Waals surface area (Å²) in [5.74, 6) is 0.725. The highest BCUT2D eigenvalue weighted by atomic mass is 14.9. The van der Waals surface area contributed by atoms with Crippen LogP contribution in [0.2, 0.25) is 0 Å². The van der Waals surface area contributed by atoms with Gasteiger partial charge >= 0.3 is 0 Å². The van der Waals surface area contributed by atoms with Crippen molar-refractivity contribution in [3.63, 3.8) is 0 Å². The van der Waals surface area contributed by atoms with E-state index in [-0.39, 0.29) is 0 Å². The molecular weight excluding hydrogens is 122 g/mol. The summed E-state index contributed by atoms with van der Waals surface area (Å²) in [5.41, 5.74) is 0. The Balaban J connectivity index is 2.23. The lowest BCUT2D eigenvalue weighted by atomic mass is 9.94. The first-order valence-corrected chi connectivity index (χ1v) is 4.22. The molecule has 58 valence electrons. The minimum absolute atomic E-state index is 0.725. The molecule has 1 nitrogen and oxygen atoms in total. The minimum atomic E-state index is 0.725. The Labute approximate surface area is 63.5 Å². The van der Waals surface area contributed by atoms with Crippen LogP contribution in [-0.4, -0.2) is 12.6 Å². The summed E-state index contributed by atoms with van der Waals surface area (Å²) in [7, 11) is 0. The van der Waals surface area contributed by atoms with E-state index in [1.165, 1.54) is 19.3 Å². The van der Waals surface area contributed by atoms with Gasteiger partial charge in [-0.3, -0.25) is 0 Å². The molecule has 0 saturated carbocycles. The molecule has 0 bridgehead atoms. The van der Waals surface area contributed by atoms with Crippen molar-refractivity contribution < 1.29 is 0 Å². The highest BCUT2D eigenvalue weighted by Crippen LogP contribution is 2.16. The predicted octanol–water partition coefficient (Wildman–Crippen LogP) is 1.95. The van der Waals surface area contributed by atoms with Gasteiger partial charge in [0.05, 0.1) is 0 Å². The smallest absolute Gasteiger partial charge is 0.00649 e. The third kappa shape index (κ3) is 1.84. The average Bonchev–Trinajstić information content (AvgIpc) is 2.05. The van der Waals surface area contributed by atoms with Crippen LogP contribution in [0, 0.1) is 5.92 Å². The number of rotatable bonds is 2. The van der Waals surface area contributed by atoms with Gasteiger partial charge in [0.25, 0.3) is 0 Å². The number of hydrogen-bond acceptors (Lipinski definition) is 1. The van der Waals surface area contributed by atoms with Gasteiger partial charge in [-0.15, -0.1) is 6.58 Å². The zero-order valence-corrected chi connectivity index (χ0v) is 6.77. The van der Waals surface area contributed by atoms with Gasteiger partial charge in [-0.25, -0.2) is 0 Å². The molecule has 1 rings (SSSR count). The lowest BCUT2D eigenvalue weighted by molar-refractivity contribution is 0.343. The molecule has 0 aromatic rings. The molecule has 0 amide bonds. The Morgan fingerprint density at radius 3 is 2.80 bits per heavy atom. The Hall–Kier alpha value is -0.300. The fourth-order valence-electron chi connectivity index (χ4n) is 1.49. The van der Waals surface area contributed by atoms with Gasteiger partial charge in [0.2, 0.25) is 0 Å². The summed E-state index contributed by atoms with van der Waals surface area (Å²) in [4.78, 5) is 0. The summed E-state index contributed by atoms with van der Waals surface area (Å²) < 4.78 is 0. The second kappa shape index (κ2) is 3.77. The van der Waals surface area contributed by atoms with Gasteiger partial charge in [-0.05, 0) is 25.2 Å². The largest absolute Gasteiger partial charge is 0.313 e. The summed E-state index contributed by atoms with van der Waals surface area (Å²) in [5, 5.41) is 3.50. The molecule has 0 aromatic heterocycles. The second-order valence-corrected chi connectivity index (χ2v) is 3.09. The van der Waals surface area contributed by atoms with Crippen molar-refractivity contribution in [2.75, 3.05) is 6.54 Å². The lowest BCUT2D eigenvalue weighted by Crippen LogP contribution is -2.37. The SMILES string of the molecule is C=CC1CCC(CC)NC1. The van der Waals surface area contributed by atoms with Crippen molar-refractivity contribution in [3.8, 4) is 0 Å². The first-order chi connectivity index (χ1) is 4.86. The molecule has 1 aliphatic rings. The quantitative estimate of drug-likeness (QED) is 0.577. The number of nitrogens with one attached hydrogen (secondary N) is 1. The monoisotopic (exact) mass is 139 g/mol. The van der Waals surface area contributed by atoms with E-state index in [4.69, 9.17) is 0 Å². The summed E-state index contributed by atoms with van der Waals surface area (Å²) in [6.45, 7) is 7.18. The van der Waals surface area contributed by atoms with Crippen LogP contribution in [0.5, 0.6) is 0 Å². The van der Waals surface area contributed by atoms with Crippen LogP contribution >= 0.6 is 0 Å². The normalized spacial score (nSPS) is 33.7. The van der Waals surface area contributed by atoms with Crippen LogP contribution in [0.4, 0.5) is 0 Å². The van der Waals surface area contributed by atoms with E-state index in [1.807, 2.05) is 0 Å². The second-order valence-electron chi connectivity index (χ2n) is 3.09. The summed E-state index contributed by atoms with van der Waals surface area (Å²) in [6.07, 6.45) is 5.99. The molecule has 1 N–H and O–H groups in total. The van der Waals surface area contributed by atoms with Crippen LogP contribution in [0.3, 0.4) is 0 Å². The first-order valence-electron chi connectivity index (χ1n) is 4.22. The molecule has 0 spiro atoms. The summed E-state index contributed by atoms with van der Waals surface area (Å²) >= 11 is 0. The van der Waals surface area contributed by atoms with Gasteiger partial charge in [0.1, 0.15) is 0 Å². The van der Waals surface area contributed by atoms with Gasteiger partial charge in [0.15, 0.2) is 0 Å². The minimum Gasteiger partial charge on any atom is -0.313 e. The molecule has 2 atom stereocenters. The molecule has 0 aliphatic carbocycles. The molecule has 1 saturated heterocycles. The maximum atomic E-state index is 3.80. The van der Waals surface area contributed by atoms with Crippen LogP contribution in [0.1, 0.15) is 26.2 Å². The Kier molecular flexibility index (Phi) is 2.94. The molecule has 0 radical (unpaired) electrons. The molecule has 1 fully saturated rings. The van der Waals surface area contributed by atoms with E-state index in [0.717, 1.165) is 18.5 Å². The molecular formula is C9H17N. The third-order valence-electron chi connectivity index (χ3n) is 2.38. The highest BCUT2D eigenvalue weighted by Gasteiger charge is 2.15. The van der Waals surface area contributed by atoms with Crippen LogP contribution in [0.25, 0.3) is 0 Å².